The van der Waals surface area contributed by atoms with Crippen LogP contribution in [0.2, 0.25) is 0 Å². The van der Waals surface area contributed by atoms with Gasteiger partial charge in [0, 0.05) is 0 Å². The molecule has 1 fully saturated rings. The van der Waals surface area contributed by atoms with Crippen molar-refractivity contribution in [1.82, 2.24) is 10.3 Å². The van der Waals surface area contributed by atoms with E-state index in [9.17, 15) is 0 Å². The van der Waals surface area contributed by atoms with Crippen LogP contribution in [0.15, 0.2) is 16.8 Å². The van der Waals surface area contributed by atoms with Gasteiger partial charge in [0.1, 0.15) is 17.1 Å². The minimum atomic E-state index is 0.265. The van der Waals surface area contributed by atoms with Crippen molar-refractivity contribution >= 4 is 11.0 Å². The summed E-state index contributed by atoms with van der Waals surface area (Å²) >= 11 is 0. The standard InChI is InChI=1S/C9H8N2O2/c1-5-6(8-4-12-8)2-3-7-9(5)11-13-10-7/h2-3,8H,4H2,1H3/t8-/m0/s1. The quantitative estimate of drug-likeness (QED) is 0.619. The highest BCUT2D eigenvalue weighted by molar-refractivity contribution is 5.78. The molecule has 0 unspecified atom stereocenters. The monoisotopic (exact) mass is 176 g/mol. The number of epoxide rings is 1. The summed E-state index contributed by atoms with van der Waals surface area (Å²) in [5.41, 5.74) is 3.96. The molecule has 0 spiro atoms. The molecule has 0 bridgehead atoms. The average molecular weight is 176 g/mol. The van der Waals surface area contributed by atoms with Gasteiger partial charge in [-0.05, 0) is 34.4 Å². The summed E-state index contributed by atoms with van der Waals surface area (Å²) in [6.45, 7) is 2.83. The fourth-order valence-electron chi connectivity index (χ4n) is 1.57. The molecule has 0 aliphatic carbocycles. The van der Waals surface area contributed by atoms with Crippen LogP contribution >= 0.6 is 0 Å². The van der Waals surface area contributed by atoms with Gasteiger partial charge in [-0.25, -0.2) is 4.63 Å². The maximum absolute atomic E-state index is 5.22. The Labute approximate surface area is 74.5 Å². The third-order valence-electron chi connectivity index (χ3n) is 2.40. The van der Waals surface area contributed by atoms with Crippen molar-refractivity contribution in [2.45, 2.75) is 13.0 Å². The lowest BCUT2D eigenvalue weighted by atomic mass is 10.0. The molecule has 1 aromatic carbocycles. The molecule has 3 rings (SSSR count). The van der Waals surface area contributed by atoms with E-state index in [-0.39, 0.29) is 6.10 Å². The second-order valence-electron chi connectivity index (χ2n) is 3.23. The Morgan fingerprint density at radius 3 is 3.00 bits per heavy atom. The molecule has 0 N–H and O–H groups in total. The van der Waals surface area contributed by atoms with Gasteiger partial charge in [0.25, 0.3) is 0 Å². The van der Waals surface area contributed by atoms with Crippen molar-refractivity contribution in [3.8, 4) is 0 Å². The van der Waals surface area contributed by atoms with Crippen molar-refractivity contribution < 1.29 is 9.37 Å². The molecule has 4 heteroatoms. The van der Waals surface area contributed by atoms with Gasteiger partial charge in [-0.1, -0.05) is 6.07 Å². The van der Waals surface area contributed by atoms with Crippen LogP contribution in [0.1, 0.15) is 17.2 Å². The fraction of sp³-hybridized carbons (Fsp3) is 0.333. The molecule has 1 saturated heterocycles. The first-order valence-corrected chi connectivity index (χ1v) is 4.19. The first-order valence-electron chi connectivity index (χ1n) is 4.19. The summed E-state index contributed by atoms with van der Waals surface area (Å²) in [5, 5.41) is 7.62. The molecule has 4 nitrogen and oxygen atoms in total. The summed E-state index contributed by atoms with van der Waals surface area (Å²) in [6.07, 6.45) is 0.265. The van der Waals surface area contributed by atoms with Gasteiger partial charge in [-0.2, -0.15) is 0 Å². The maximum Gasteiger partial charge on any atom is 0.138 e. The maximum atomic E-state index is 5.22. The second-order valence-corrected chi connectivity index (χ2v) is 3.23. The number of nitrogens with zero attached hydrogens (tertiary/aromatic N) is 2. The summed E-state index contributed by atoms with van der Waals surface area (Å²) in [5.74, 6) is 0. The minimum Gasteiger partial charge on any atom is -0.368 e. The molecule has 1 aromatic heterocycles. The Morgan fingerprint density at radius 2 is 2.23 bits per heavy atom. The summed E-state index contributed by atoms with van der Waals surface area (Å²) < 4.78 is 9.88. The van der Waals surface area contributed by atoms with E-state index in [1.165, 1.54) is 5.56 Å². The van der Waals surface area contributed by atoms with E-state index < -0.39 is 0 Å². The number of aromatic nitrogens is 2. The Hall–Kier alpha value is -1.42. The molecule has 0 saturated carbocycles. The highest BCUT2D eigenvalue weighted by Gasteiger charge is 2.27. The molecule has 0 amide bonds. The molecule has 2 aromatic rings. The average Bonchev–Trinajstić information content (AvgIpc) is 2.83. The van der Waals surface area contributed by atoms with Crippen LogP contribution in [-0.4, -0.2) is 16.9 Å². The molecule has 1 aliphatic rings. The Morgan fingerprint density at radius 1 is 1.38 bits per heavy atom. The van der Waals surface area contributed by atoms with Gasteiger partial charge in [-0.3, -0.25) is 0 Å². The van der Waals surface area contributed by atoms with E-state index in [0.29, 0.717) is 0 Å². The molecule has 13 heavy (non-hydrogen) atoms. The largest absolute Gasteiger partial charge is 0.368 e. The third-order valence-corrected chi connectivity index (χ3v) is 2.40. The highest BCUT2D eigenvalue weighted by atomic mass is 16.6. The van der Waals surface area contributed by atoms with Crippen molar-refractivity contribution in [2.24, 2.45) is 0 Å². The number of aryl methyl sites for hydroxylation is 1. The summed E-state index contributed by atoms with van der Waals surface area (Å²) in [4.78, 5) is 0. The fourth-order valence-corrected chi connectivity index (χ4v) is 1.57. The van der Waals surface area contributed by atoms with E-state index in [1.54, 1.807) is 0 Å². The molecule has 2 heterocycles. The van der Waals surface area contributed by atoms with Gasteiger partial charge in [0.2, 0.25) is 0 Å². The van der Waals surface area contributed by atoms with E-state index in [4.69, 9.17) is 4.74 Å². The predicted octanol–water partition coefficient (Wildman–Crippen LogP) is 1.60. The topological polar surface area (TPSA) is 51.5 Å². The van der Waals surface area contributed by atoms with Crippen LogP contribution in [0, 0.1) is 6.92 Å². The van der Waals surface area contributed by atoms with Gasteiger partial charge >= 0.3 is 0 Å². The Balaban J connectivity index is 2.30. The van der Waals surface area contributed by atoms with Crippen molar-refractivity contribution in [3.63, 3.8) is 0 Å². The lowest BCUT2D eigenvalue weighted by Gasteiger charge is -1.99. The molecular weight excluding hydrogens is 168 g/mol. The first kappa shape index (κ1) is 7.03. The second kappa shape index (κ2) is 2.29. The van der Waals surface area contributed by atoms with E-state index in [0.717, 1.165) is 23.2 Å². The normalized spacial score (nSPS) is 20.8. The lowest BCUT2D eigenvalue weighted by Crippen LogP contribution is -1.87. The molecule has 0 radical (unpaired) electrons. The zero-order valence-electron chi connectivity index (χ0n) is 7.15. The Kier molecular flexibility index (Phi) is 1.24. The van der Waals surface area contributed by atoms with E-state index >= 15 is 0 Å². The van der Waals surface area contributed by atoms with Crippen LogP contribution < -0.4 is 0 Å². The van der Waals surface area contributed by atoms with Crippen LogP contribution in [-0.2, 0) is 4.74 Å². The SMILES string of the molecule is Cc1c([C@@H]2CO2)ccc2nonc12. The third kappa shape index (κ3) is 0.954. The molecular formula is C9H8N2O2. The van der Waals surface area contributed by atoms with Gasteiger partial charge in [-0.15, -0.1) is 0 Å². The number of fused-ring (bicyclic) bond motifs is 1. The lowest BCUT2D eigenvalue weighted by molar-refractivity contribution is 0.315. The number of hydrogen-bond donors (Lipinski definition) is 0. The minimum absolute atomic E-state index is 0.265. The van der Waals surface area contributed by atoms with Gasteiger partial charge in [0.05, 0.1) is 6.61 Å². The number of hydrogen-bond acceptors (Lipinski definition) is 4. The van der Waals surface area contributed by atoms with Gasteiger partial charge < -0.3 is 4.74 Å². The zero-order valence-corrected chi connectivity index (χ0v) is 7.15. The first-order chi connectivity index (χ1) is 6.36. The van der Waals surface area contributed by atoms with Crippen molar-refractivity contribution in [3.05, 3.63) is 23.3 Å². The van der Waals surface area contributed by atoms with E-state index in [1.807, 2.05) is 19.1 Å². The molecule has 1 atom stereocenters. The van der Waals surface area contributed by atoms with Crippen LogP contribution in [0.3, 0.4) is 0 Å². The van der Waals surface area contributed by atoms with Crippen LogP contribution in [0.4, 0.5) is 0 Å². The number of ether oxygens (including phenoxy) is 1. The Bertz CT molecular complexity index is 460. The van der Waals surface area contributed by atoms with Crippen LogP contribution in [0.25, 0.3) is 11.0 Å². The number of benzene rings is 1. The van der Waals surface area contributed by atoms with Crippen molar-refractivity contribution in [1.29, 1.82) is 0 Å². The molecule has 66 valence electrons. The smallest absolute Gasteiger partial charge is 0.138 e. The van der Waals surface area contributed by atoms with Crippen LogP contribution in [0.5, 0.6) is 0 Å². The summed E-state index contributed by atoms with van der Waals surface area (Å²) in [7, 11) is 0. The van der Waals surface area contributed by atoms with Crippen molar-refractivity contribution in [2.75, 3.05) is 6.61 Å². The summed E-state index contributed by atoms with van der Waals surface area (Å²) in [6, 6.07) is 3.94. The van der Waals surface area contributed by atoms with Gasteiger partial charge in [0.15, 0.2) is 0 Å². The zero-order chi connectivity index (χ0) is 8.84. The predicted molar refractivity (Wildman–Crippen MR) is 45.2 cm³/mol. The number of rotatable bonds is 1. The van der Waals surface area contributed by atoms with E-state index in [2.05, 4.69) is 14.9 Å². The molecule has 1 aliphatic heterocycles. The highest BCUT2D eigenvalue weighted by Crippen LogP contribution is 2.34.